The summed E-state index contributed by atoms with van der Waals surface area (Å²) in [5, 5.41) is 6.19. The fourth-order valence-corrected chi connectivity index (χ4v) is 4.78. The van der Waals surface area contributed by atoms with Gasteiger partial charge in [0.1, 0.15) is 6.61 Å². The molecule has 0 spiro atoms. The highest BCUT2D eigenvalue weighted by molar-refractivity contribution is 5.99. The highest BCUT2D eigenvalue weighted by atomic mass is 16.5. The Balaban J connectivity index is 0.000000343. The molecule has 0 radical (unpaired) electrons. The van der Waals surface area contributed by atoms with Gasteiger partial charge in [-0.3, -0.25) is 4.99 Å². The molecule has 1 N–H and O–H groups in total. The van der Waals surface area contributed by atoms with Crippen molar-refractivity contribution in [1.29, 1.82) is 0 Å². The topological polar surface area (TPSA) is 33.6 Å². The molecule has 0 saturated carbocycles. The van der Waals surface area contributed by atoms with Crippen molar-refractivity contribution in [2.45, 2.75) is 53.0 Å². The lowest BCUT2D eigenvalue weighted by atomic mass is 9.91. The van der Waals surface area contributed by atoms with Gasteiger partial charge in [-0.1, -0.05) is 125 Å². The van der Waals surface area contributed by atoms with E-state index in [0.29, 0.717) is 18.6 Å². The first kappa shape index (κ1) is 32.1. The predicted octanol–water partition coefficient (Wildman–Crippen LogP) is 10.3. The first-order valence-corrected chi connectivity index (χ1v) is 14.8. The standard InChI is InChI=1S/C28H30N2.C11H16O/c1-4-27(30-21(3)24-15-14-23-12-8-9-13-25(23)17-24)16-20(2)28-18-26(19-29-28)22-10-6-5-7-11-22;1-5-7-8-11(6-2)9-12-10(3)4/h5-15,17,19-20,27,30H,3-4,16,18H2,1-2H3;5-8H,2-3,9H2,1,4H3/b;7-5-,11-8+. The molecule has 0 aromatic heterocycles. The molecule has 0 fully saturated rings. The number of fused-ring (bicyclic) bond motifs is 1. The van der Waals surface area contributed by atoms with E-state index in [1.807, 2.05) is 38.3 Å². The predicted molar refractivity (Wildman–Crippen MR) is 184 cm³/mol. The maximum Gasteiger partial charge on any atom is 0.113 e. The van der Waals surface area contributed by atoms with Crippen LogP contribution >= 0.6 is 0 Å². The zero-order chi connectivity index (χ0) is 30.3. The number of hydrogen-bond acceptors (Lipinski definition) is 3. The van der Waals surface area contributed by atoms with Crippen molar-refractivity contribution in [2.75, 3.05) is 6.61 Å². The summed E-state index contributed by atoms with van der Waals surface area (Å²) in [6.07, 6.45) is 12.8. The highest BCUT2D eigenvalue weighted by Gasteiger charge is 2.21. The van der Waals surface area contributed by atoms with Crippen LogP contribution in [0.25, 0.3) is 22.0 Å². The third kappa shape index (κ3) is 9.92. The summed E-state index contributed by atoms with van der Waals surface area (Å²) in [6, 6.07) is 26.0. The Morgan fingerprint density at radius 2 is 1.74 bits per heavy atom. The molecule has 3 heteroatoms. The van der Waals surface area contributed by atoms with Gasteiger partial charge in [-0.2, -0.15) is 0 Å². The number of benzene rings is 3. The fourth-order valence-electron chi connectivity index (χ4n) is 4.78. The van der Waals surface area contributed by atoms with Crippen LogP contribution in [0.4, 0.5) is 0 Å². The Kier molecular flexibility index (Phi) is 12.9. The Hall–Kier alpha value is -4.37. The van der Waals surface area contributed by atoms with E-state index in [-0.39, 0.29) is 0 Å². The lowest BCUT2D eigenvalue weighted by Gasteiger charge is -2.24. The molecule has 3 nitrogen and oxygen atoms in total. The molecule has 2 unspecified atom stereocenters. The number of nitrogens with zero attached hydrogens (tertiary/aromatic N) is 1. The van der Waals surface area contributed by atoms with Crippen molar-refractivity contribution in [1.82, 2.24) is 5.32 Å². The van der Waals surface area contributed by atoms with E-state index >= 15 is 0 Å². The first-order chi connectivity index (χ1) is 20.3. The SMILES string of the molecule is C=C(NC(CC)CC(C)C1=NC=C(c2ccccc2)C1)c1ccc2ccccc2c1.C=C/C(=C\C=C/C)COC(=C)C. The number of rotatable bonds is 13. The average molecular weight is 559 g/mol. The maximum atomic E-state index is 5.22. The molecule has 0 saturated heterocycles. The molecule has 1 aliphatic rings. The molecular formula is C39H46N2O. The summed E-state index contributed by atoms with van der Waals surface area (Å²) in [7, 11) is 0. The third-order valence-electron chi connectivity index (χ3n) is 7.33. The number of hydrogen-bond donors (Lipinski definition) is 1. The van der Waals surface area contributed by atoms with Crippen molar-refractivity contribution < 1.29 is 4.74 Å². The average Bonchev–Trinajstić information content (AvgIpc) is 3.52. The number of allylic oxidation sites excluding steroid dienone is 5. The van der Waals surface area contributed by atoms with E-state index in [0.717, 1.165) is 41.9 Å². The molecule has 2 atom stereocenters. The molecule has 0 bridgehead atoms. The second-order valence-corrected chi connectivity index (χ2v) is 10.7. The van der Waals surface area contributed by atoms with E-state index in [1.54, 1.807) is 6.08 Å². The Bertz CT molecular complexity index is 1470. The van der Waals surface area contributed by atoms with Gasteiger partial charge in [0.15, 0.2) is 0 Å². The van der Waals surface area contributed by atoms with Gasteiger partial charge in [-0.15, -0.1) is 0 Å². The van der Waals surface area contributed by atoms with Crippen LogP contribution in [0.5, 0.6) is 0 Å². The summed E-state index contributed by atoms with van der Waals surface area (Å²) >= 11 is 0. The van der Waals surface area contributed by atoms with Gasteiger partial charge in [0.05, 0.1) is 5.76 Å². The van der Waals surface area contributed by atoms with Crippen molar-refractivity contribution >= 4 is 27.8 Å². The molecule has 0 amide bonds. The zero-order valence-electron chi connectivity index (χ0n) is 25.8. The van der Waals surface area contributed by atoms with Gasteiger partial charge >= 0.3 is 0 Å². The van der Waals surface area contributed by atoms with Crippen molar-refractivity contribution in [3.05, 3.63) is 145 Å². The number of nitrogens with one attached hydrogen (secondary N) is 1. The summed E-state index contributed by atoms with van der Waals surface area (Å²) < 4.78 is 5.22. The highest BCUT2D eigenvalue weighted by Crippen LogP contribution is 2.28. The van der Waals surface area contributed by atoms with Crippen molar-refractivity contribution in [2.24, 2.45) is 10.9 Å². The van der Waals surface area contributed by atoms with Crippen LogP contribution in [0.15, 0.2) is 139 Å². The van der Waals surface area contributed by atoms with Gasteiger partial charge in [-0.05, 0) is 71.7 Å². The van der Waals surface area contributed by atoms with Crippen LogP contribution in [0.3, 0.4) is 0 Å². The minimum absolute atomic E-state index is 0.377. The van der Waals surface area contributed by atoms with Crippen molar-refractivity contribution in [3.63, 3.8) is 0 Å². The van der Waals surface area contributed by atoms with Crippen molar-refractivity contribution in [3.8, 4) is 0 Å². The molecule has 3 aromatic carbocycles. The monoisotopic (exact) mass is 558 g/mol. The van der Waals surface area contributed by atoms with Crippen LogP contribution in [0.1, 0.15) is 58.1 Å². The molecule has 4 rings (SSSR count). The number of aliphatic imine (C=N–C) groups is 1. The van der Waals surface area contributed by atoms with Gasteiger partial charge < -0.3 is 10.1 Å². The first-order valence-electron chi connectivity index (χ1n) is 14.8. The Labute approximate surface area is 253 Å². The van der Waals surface area contributed by atoms with E-state index in [2.05, 4.69) is 112 Å². The minimum Gasteiger partial charge on any atom is -0.494 e. The van der Waals surface area contributed by atoms with E-state index in [4.69, 9.17) is 9.73 Å². The van der Waals surface area contributed by atoms with E-state index < -0.39 is 0 Å². The summed E-state index contributed by atoms with van der Waals surface area (Å²) in [4.78, 5) is 4.76. The normalized spacial score (nSPS) is 14.3. The van der Waals surface area contributed by atoms with Gasteiger partial charge in [-0.25, -0.2) is 0 Å². The molecule has 1 heterocycles. The molecule has 0 aliphatic carbocycles. The maximum absolute atomic E-state index is 5.22. The van der Waals surface area contributed by atoms with Gasteiger partial charge in [0, 0.05) is 30.1 Å². The molecule has 218 valence electrons. The molecular weight excluding hydrogens is 512 g/mol. The fraction of sp³-hybridized carbons (Fsp3) is 0.256. The quantitative estimate of drug-likeness (QED) is 0.167. The smallest absolute Gasteiger partial charge is 0.113 e. The largest absolute Gasteiger partial charge is 0.494 e. The Morgan fingerprint density at radius 3 is 2.40 bits per heavy atom. The molecule has 1 aliphatic heterocycles. The second kappa shape index (κ2) is 16.8. The second-order valence-electron chi connectivity index (χ2n) is 10.7. The summed E-state index contributed by atoms with van der Waals surface area (Å²) in [6.45, 7) is 20.5. The lowest BCUT2D eigenvalue weighted by molar-refractivity contribution is 0.246. The van der Waals surface area contributed by atoms with E-state index in [1.165, 1.54) is 27.6 Å². The number of ether oxygens (including phenoxy) is 1. The summed E-state index contributed by atoms with van der Waals surface area (Å²) in [5.41, 5.74) is 7.08. The molecule has 3 aromatic rings. The lowest BCUT2D eigenvalue weighted by Crippen LogP contribution is -2.30. The van der Waals surface area contributed by atoms with Gasteiger partial charge in [0.25, 0.3) is 0 Å². The molecule has 42 heavy (non-hydrogen) atoms. The summed E-state index contributed by atoms with van der Waals surface area (Å²) in [5.74, 6) is 1.16. The zero-order valence-corrected chi connectivity index (χ0v) is 25.8. The van der Waals surface area contributed by atoms with Crippen LogP contribution in [-0.4, -0.2) is 18.4 Å². The minimum atomic E-state index is 0.377. The Morgan fingerprint density at radius 1 is 1.02 bits per heavy atom. The van der Waals surface area contributed by atoms with E-state index in [9.17, 15) is 0 Å². The van der Waals surface area contributed by atoms with Crippen LogP contribution in [0.2, 0.25) is 0 Å². The third-order valence-corrected chi connectivity index (χ3v) is 7.33. The van der Waals surface area contributed by atoms with Gasteiger partial charge in [0.2, 0.25) is 0 Å². The van der Waals surface area contributed by atoms with Crippen LogP contribution < -0.4 is 5.32 Å². The van der Waals surface area contributed by atoms with Crippen LogP contribution in [0, 0.1) is 5.92 Å². The van der Waals surface area contributed by atoms with Crippen LogP contribution in [-0.2, 0) is 4.74 Å².